The van der Waals surface area contributed by atoms with E-state index in [-0.39, 0.29) is 36.2 Å². The Morgan fingerprint density at radius 3 is 2.64 bits per heavy atom. The van der Waals surface area contributed by atoms with Crippen molar-refractivity contribution in [1.82, 2.24) is 9.80 Å². The van der Waals surface area contributed by atoms with Gasteiger partial charge in [-0.15, -0.1) is 12.4 Å². The summed E-state index contributed by atoms with van der Waals surface area (Å²) in [5.74, 6) is 1.25. The lowest BCUT2D eigenvalue weighted by Gasteiger charge is -2.32. The Kier molecular flexibility index (Phi) is 7.95. The highest BCUT2D eigenvalue weighted by molar-refractivity contribution is 5.89. The van der Waals surface area contributed by atoms with E-state index >= 15 is 0 Å². The Hall–Kier alpha value is -1.99. The molecule has 0 radical (unpaired) electrons. The third kappa shape index (κ3) is 5.08. The lowest BCUT2D eigenvalue weighted by atomic mass is 10.0. The maximum atomic E-state index is 12.7. The molecule has 2 amide bonds. The van der Waals surface area contributed by atoms with Crippen LogP contribution in [0.4, 0.5) is 0 Å². The third-order valence-corrected chi connectivity index (χ3v) is 5.45. The zero-order valence-electron chi connectivity index (χ0n) is 16.6. The first-order chi connectivity index (χ1) is 13.0. The average molecular weight is 412 g/mol. The van der Waals surface area contributed by atoms with Crippen LogP contribution >= 0.6 is 12.4 Å². The van der Waals surface area contributed by atoms with Crippen molar-refractivity contribution in [1.29, 1.82) is 0 Å². The number of nitrogens with zero attached hydrogens (tertiary/aromatic N) is 2. The van der Waals surface area contributed by atoms with Crippen molar-refractivity contribution in [3.8, 4) is 11.5 Å². The largest absolute Gasteiger partial charge is 0.493 e. The number of piperidine rings is 1. The van der Waals surface area contributed by atoms with Gasteiger partial charge in [0.2, 0.25) is 11.8 Å². The summed E-state index contributed by atoms with van der Waals surface area (Å²) < 4.78 is 10.6. The number of amides is 2. The first kappa shape index (κ1) is 22.3. The van der Waals surface area contributed by atoms with Crippen LogP contribution < -0.4 is 15.2 Å². The molecule has 156 valence electrons. The SMILES string of the molecule is COc1ccc(CCN2CC(C(=O)N3CCCC(N)C3)CC2=O)cc1OC.Cl. The van der Waals surface area contributed by atoms with Crippen molar-refractivity contribution in [2.24, 2.45) is 11.7 Å². The van der Waals surface area contributed by atoms with Gasteiger partial charge in [0.15, 0.2) is 11.5 Å². The molecule has 0 aromatic heterocycles. The molecule has 2 aliphatic heterocycles. The number of carbonyl (C=O) groups is 2. The molecule has 2 unspecified atom stereocenters. The van der Waals surface area contributed by atoms with E-state index in [1.807, 2.05) is 23.1 Å². The van der Waals surface area contributed by atoms with E-state index in [4.69, 9.17) is 15.2 Å². The van der Waals surface area contributed by atoms with Crippen LogP contribution in [0.2, 0.25) is 0 Å². The molecule has 2 aliphatic rings. The van der Waals surface area contributed by atoms with Crippen molar-refractivity contribution < 1.29 is 19.1 Å². The summed E-state index contributed by atoms with van der Waals surface area (Å²) in [5.41, 5.74) is 7.05. The van der Waals surface area contributed by atoms with Gasteiger partial charge in [-0.25, -0.2) is 0 Å². The second kappa shape index (κ2) is 9.98. The van der Waals surface area contributed by atoms with E-state index in [9.17, 15) is 9.59 Å². The molecule has 0 spiro atoms. The highest BCUT2D eigenvalue weighted by atomic mass is 35.5. The maximum Gasteiger partial charge on any atom is 0.228 e. The monoisotopic (exact) mass is 411 g/mol. The van der Waals surface area contributed by atoms with Gasteiger partial charge >= 0.3 is 0 Å². The third-order valence-electron chi connectivity index (χ3n) is 5.45. The Morgan fingerprint density at radius 2 is 1.96 bits per heavy atom. The summed E-state index contributed by atoms with van der Waals surface area (Å²) in [5, 5.41) is 0. The Bertz CT molecular complexity index is 700. The van der Waals surface area contributed by atoms with Gasteiger partial charge in [0.05, 0.1) is 20.1 Å². The average Bonchev–Trinajstić information content (AvgIpc) is 3.06. The van der Waals surface area contributed by atoms with E-state index in [0.29, 0.717) is 44.0 Å². The molecule has 28 heavy (non-hydrogen) atoms. The lowest BCUT2D eigenvalue weighted by molar-refractivity contribution is -0.137. The molecule has 0 bridgehead atoms. The predicted octanol–water partition coefficient (Wildman–Crippen LogP) is 1.47. The van der Waals surface area contributed by atoms with E-state index in [0.717, 1.165) is 24.9 Å². The molecule has 2 heterocycles. The number of hydrogen-bond donors (Lipinski definition) is 1. The van der Waals surface area contributed by atoms with Crippen molar-refractivity contribution in [3.05, 3.63) is 23.8 Å². The predicted molar refractivity (Wildman–Crippen MR) is 109 cm³/mol. The molecular formula is C20H30ClN3O4. The second-order valence-corrected chi connectivity index (χ2v) is 7.37. The van der Waals surface area contributed by atoms with Gasteiger partial charge in [0.25, 0.3) is 0 Å². The van der Waals surface area contributed by atoms with Gasteiger partial charge in [0, 0.05) is 38.6 Å². The van der Waals surface area contributed by atoms with Crippen LogP contribution in [0.1, 0.15) is 24.8 Å². The van der Waals surface area contributed by atoms with Gasteiger partial charge in [-0.05, 0) is 37.0 Å². The van der Waals surface area contributed by atoms with Gasteiger partial charge in [-0.3, -0.25) is 9.59 Å². The standard InChI is InChI=1S/C20H29N3O4.ClH/c1-26-17-6-5-14(10-18(17)27-2)7-9-22-12-15(11-19(22)24)20(25)23-8-3-4-16(21)13-23;/h5-6,10,15-16H,3-4,7-9,11-13,21H2,1-2H3;1H. The van der Waals surface area contributed by atoms with E-state index < -0.39 is 0 Å². The zero-order valence-corrected chi connectivity index (χ0v) is 17.4. The van der Waals surface area contributed by atoms with Gasteiger partial charge in [-0.2, -0.15) is 0 Å². The molecule has 0 aliphatic carbocycles. The molecule has 2 atom stereocenters. The minimum absolute atomic E-state index is 0. The summed E-state index contributed by atoms with van der Waals surface area (Å²) in [6, 6.07) is 5.82. The van der Waals surface area contributed by atoms with Crippen molar-refractivity contribution in [3.63, 3.8) is 0 Å². The normalized spacial score (nSPS) is 22.0. The van der Waals surface area contributed by atoms with E-state index in [2.05, 4.69) is 0 Å². The molecule has 2 saturated heterocycles. The molecule has 0 saturated carbocycles. The Morgan fingerprint density at radius 1 is 1.21 bits per heavy atom. The second-order valence-electron chi connectivity index (χ2n) is 7.37. The van der Waals surface area contributed by atoms with Crippen LogP contribution in [0.5, 0.6) is 11.5 Å². The highest BCUT2D eigenvalue weighted by Crippen LogP contribution is 2.28. The van der Waals surface area contributed by atoms with Crippen LogP contribution in [0.3, 0.4) is 0 Å². The van der Waals surface area contributed by atoms with Crippen LogP contribution in [0.25, 0.3) is 0 Å². The molecule has 8 heteroatoms. The quantitative estimate of drug-likeness (QED) is 0.766. The molecule has 1 aromatic carbocycles. The zero-order chi connectivity index (χ0) is 19.4. The number of rotatable bonds is 6. The number of nitrogens with two attached hydrogens (primary N) is 1. The van der Waals surface area contributed by atoms with Crippen LogP contribution in [0.15, 0.2) is 18.2 Å². The molecule has 2 N–H and O–H groups in total. The molecule has 7 nitrogen and oxygen atoms in total. The topological polar surface area (TPSA) is 85.1 Å². The van der Waals surface area contributed by atoms with Gasteiger partial charge in [0.1, 0.15) is 0 Å². The summed E-state index contributed by atoms with van der Waals surface area (Å²) >= 11 is 0. The Balaban J connectivity index is 0.00000280. The van der Waals surface area contributed by atoms with Gasteiger partial charge < -0.3 is 25.0 Å². The number of carbonyl (C=O) groups excluding carboxylic acids is 2. The number of methoxy groups -OCH3 is 2. The van der Waals surface area contributed by atoms with Crippen LogP contribution in [0, 0.1) is 5.92 Å². The highest BCUT2D eigenvalue weighted by Gasteiger charge is 2.37. The number of halogens is 1. The lowest BCUT2D eigenvalue weighted by Crippen LogP contribution is -2.48. The molecular weight excluding hydrogens is 382 g/mol. The fourth-order valence-electron chi connectivity index (χ4n) is 3.92. The fourth-order valence-corrected chi connectivity index (χ4v) is 3.92. The summed E-state index contributed by atoms with van der Waals surface area (Å²) in [6.45, 7) is 2.45. The van der Waals surface area contributed by atoms with E-state index in [1.54, 1.807) is 19.1 Å². The van der Waals surface area contributed by atoms with E-state index in [1.165, 1.54) is 0 Å². The number of hydrogen-bond acceptors (Lipinski definition) is 5. The molecule has 2 fully saturated rings. The number of ether oxygens (including phenoxy) is 2. The summed E-state index contributed by atoms with van der Waals surface area (Å²) in [7, 11) is 3.21. The van der Waals surface area contributed by atoms with Crippen LogP contribution in [-0.2, 0) is 16.0 Å². The van der Waals surface area contributed by atoms with Gasteiger partial charge in [-0.1, -0.05) is 6.07 Å². The fraction of sp³-hybridized carbons (Fsp3) is 0.600. The first-order valence-corrected chi connectivity index (χ1v) is 9.55. The van der Waals surface area contributed by atoms with Crippen molar-refractivity contribution >= 4 is 24.2 Å². The summed E-state index contributed by atoms with van der Waals surface area (Å²) in [6.07, 6.45) is 2.92. The first-order valence-electron chi connectivity index (χ1n) is 9.55. The molecule has 1 aromatic rings. The minimum atomic E-state index is -0.242. The van der Waals surface area contributed by atoms with Crippen molar-refractivity contribution in [2.45, 2.75) is 31.7 Å². The smallest absolute Gasteiger partial charge is 0.228 e. The number of likely N-dealkylation sites (tertiary alicyclic amines) is 2. The summed E-state index contributed by atoms with van der Waals surface area (Å²) in [4.78, 5) is 28.7. The maximum absolute atomic E-state index is 12.7. The minimum Gasteiger partial charge on any atom is -0.493 e. The Labute approximate surface area is 172 Å². The number of benzene rings is 1. The van der Waals surface area contributed by atoms with Crippen molar-refractivity contribution in [2.75, 3.05) is 40.4 Å². The molecule has 3 rings (SSSR count). The van der Waals surface area contributed by atoms with Crippen LogP contribution in [-0.4, -0.2) is 68.1 Å².